The van der Waals surface area contributed by atoms with Gasteiger partial charge in [0.25, 0.3) is 0 Å². The predicted molar refractivity (Wildman–Crippen MR) is 75.7 cm³/mol. The van der Waals surface area contributed by atoms with Crippen molar-refractivity contribution in [1.29, 1.82) is 0 Å². The van der Waals surface area contributed by atoms with Gasteiger partial charge in [0, 0.05) is 12.2 Å². The molecule has 0 saturated carbocycles. The molecular weight excluding hydrogens is 301 g/mol. The number of ether oxygens (including phenoxy) is 1. The van der Waals surface area contributed by atoms with Gasteiger partial charge in [-0.1, -0.05) is 13.8 Å². The number of hydrogen-bond donors (Lipinski definition) is 3. The zero-order valence-corrected chi connectivity index (χ0v) is 12.3. The predicted octanol–water partition coefficient (Wildman–Crippen LogP) is 3.26. The zero-order valence-electron chi connectivity index (χ0n) is 12.3. The molecule has 0 aliphatic rings. The van der Waals surface area contributed by atoms with E-state index in [4.69, 9.17) is 0 Å². The lowest BCUT2D eigenvalue weighted by molar-refractivity contribution is -0.274. The molecule has 1 rings (SSSR count). The molecule has 8 heteroatoms. The highest BCUT2D eigenvalue weighted by molar-refractivity contribution is 5.89. The Morgan fingerprint density at radius 2 is 1.73 bits per heavy atom. The first-order valence-corrected chi connectivity index (χ1v) is 6.80. The Balaban J connectivity index is 2.51. The molecule has 0 saturated heterocycles. The van der Waals surface area contributed by atoms with Crippen LogP contribution in [-0.4, -0.2) is 29.6 Å². The third kappa shape index (κ3) is 6.21. The van der Waals surface area contributed by atoms with Crippen LogP contribution in [0.3, 0.4) is 0 Å². The minimum atomic E-state index is -4.75. The fraction of sp³-hybridized carbons (Fsp3) is 0.500. The van der Waals surface area contributed by atoms with E-state index in [1.165, 1.54) is 12.1 Å². The molecule has 0 aliphatic carbocycles. The molecule has 0 aliphatic heterocycles. The van der Waals surface area contributed by atoms with E-state index in [1.54, 1.807) is 0 Å². The molecule has 1 aromatic rings. The van der Waals surface area contributed by atoms with Crippen LogP contribution in [0.5, 0.6) is 5.75 Å². The Bertz CT molecular complexity index is 485. The molecule has 5 nitrogen and oxygen atoms in total. The molecule has 0 heterocycles. The van der Waals surface area contributed by atoms with Crippen molar-refractivity contribution in [2.75, 3.05) is 11.9 Å². The van der Waals surface area contributed by atoms with E-state index in [9.17, 15) is 23.1 Å². The van der Waals surface area contributed by atoms with Crippen molar-refractivity contribution in [3.63, 3.8) is 0 Å². The van der Waals surface area contributed by atoms with Crippen LogP contribution in [0.4, 0.5) is 23.7 Å². The van der Waals surface area contributed by atoms with Gasteiger partial charge in [0.2, 0.25) is 0 Å². The maximum absolute atomic E-state index is 12.0. The summed E-state index contributed by atoms with van der Waals surface area (Å²) in [4.78, 5) is 11.7. The van der Waals surface area contributed by atoms with E-state index in [0.717, 1.165) is 12.1 Å². The number of hydrogen-bond acceptors (Lipinski definition) is 3. The molecule has 22 heavy (non-hydrogen) atoms. The number of aliphatic hydroxyl groups is 1. The molecule has 0 bridgehead atoms. The molecule has 0 fully saturated rings. The Hall–Kier alpha value is -1.96. The summed E-state index contributed by atoms with van der Waals surface area (Å²) in [5.74, 6) is -0.371. The summed E-state index contributed by atoms with van der Waals surface area (Å²) < 4.78 is 39.7. The van der Waals surface area contributed by atoms with Gasteiger partial charge in [-0.25, -0.2) is 4.79 Å². The summed E-state index contributed by atoms with van der Waals surface area (Å²) in [7, 11) is 0. The maximum atomic E-state index is 12.0. The minimum Gasteiger partial charge on any atom is -0.406 e. The number of rotatable bonds is 6. The third-order valence-corrected chi connectivity index (χ3v) is 3.24. The van der Waals surface area contributed by atoms with Gasteiger partial charge in [0.15, 0.2) is 0 Å². The summed E-state index contributed by atoms with van der Waals surface area (Å²) in [5, 5.41) is 15.0. The molecule has 0 atom stereocenters. The zero-order chi connectivity index (χ0) is 16.8. The van der Waals surface area contributed by atoms with E-state index >= 15 is 0 Å². The van der Waals surface area contributed by atoms with E-state index in [2.05, 4.69) is 15.4 Å². The monoisotopic (exact) mass is 320 g/mol. The van der Waals surface area contributed by atoms with E-state index < -0.39 is 18.0 Å². The van der Waals surface area contributed by atoms with Crippen molar-refractivity contribution in [2.45, 2.75) is 38.7 Å². The highest BCUT2D eigenvalue weighted by Crippen LogP contribution is 2.23. The van der Waals surface area contributed by atoms with E-state index in [-0.39, 0.29) is 12.3 Å². The van der Waals surface area contributed by atoms with Crippen LogP contribution in [0.1, 0.15) is 26.7 Å². The van der Waals surface area contributed by atoms with Crippen LogP contribution in [0, 0.1) is 0 Å². The fourth-order valence-corrected chi connectivity index (χ4v) is 1.66. The summed E-state index contributed by atoms with van der Waals surface area (Å²) in [6, 6.07) is 4.21. The molecular formula is C14H19F3N2O3. The second-order valence-electron chi connectivity index (χ2n) is 4.81. The first kappa shape index (κ1) is 18.1. The SMILES string of the molecule is CCC(O)(CC)CNC(=O)Nc1ccc(OC(F)(F)F)cc1. The Morgan fingerprint density at radius 3 is 2.18 bits per heavy atom. The number of anilines is 1. The molecule has 0 aromatic heterocycles. The van der Waals surface area contributed by atoms with Crippen LogP contribution in [0.25, 0.3) is 0 Å². The second-order valence-corrected chi connectivity index (χ2v) is 4.81. The highest BCUT2D eigenvalue weighted by atomic mass is 19.4. The van der Waals surface area contributed by atoms with Gasteiger partial charge in [-0.2, -0.15) is 0 Å². The average Bonchev–Trinajstić information content (AvgIpc) is 2.45. The number of halogens is 3. The van der Waals surface area contributed by atoms with Crippen molar-refractivity contribution in [2.24, 2.45) is 0 Å². The Kier molecular flexibility index (Phi) is 6.04. The van der Waals surface area contributed by atoms with E-state index in [0.29, 0.717) is 18.5 Å². The van der Waals surface area contributed by atoms with Crippen LogP contribution < -0.4 is 15.4 Å². The number of carbonyl (C=O) groups excluding carboxylic acids is 1. The molecule has 2 amide bonds. The lowest BCUT2D eigenvalue weighted by Gasteiger charge is -2.25. The normalized spacial score (nSPS) is 11.9. The summed E-state index contributed by atoms with van der Waals surface area (Å²) in [6.45, 7) is 3.70. The Morgan fingerprint density at radius 1 is 1.18 bits per heavy atom. The second kappa shape index (κ2) is 7.35. The Labute approximate surface area is 126 Å². The van der Waals surface area contributed by atoms with Crippen molar-refractivity contribution >= 4 is 11.7 Å². The fourth-order valence-electron chi connectivity index (χ4n) is 1.66. The van der Waals surface area contributed by atoms with Crippen molar-refractivity contribution in [3.8, 4) is 5.75 Å². The van der Waals surface area contributed by atoms with Crippen molar-refractivity contribution < 1.29 is 27.8 Å². The first-order valence-electron chi connectivity index (χ1n) is 6.80. The summed E-state index contributed by atoms with van der Waals surface area (Å²) in [5.41, 5.74) is -0.662. The molecule has 0 spiro atoms. The third-order valence-electron chi connectivity index (χ3n) is 3.24. The van der Waals surface area contributed by atoms with Gasteiger partial charge in [-0.15, -0.1) is 13.2 Å². The van der Waals surface area contributed by atoms with Gasteiger partial charge < -0.3 is 20.5 Å². The van der Waals surface area contributed by atoms with Crippen LogP contribution in [-0.2, 0) is 0 Å². The van der Waals surface area contributed by atoms with E-state index in [1.807, 2.05) is 13.8 Å². The first-order chi connectivity index (χ1) is 10.2. The van der Waals surface area contributed by atoms with Gasteiger partial charge in [-0.05, 0) is 37.1 Å². The van der Waals surface area contributed by atoms with Gasteiger partial charge >= 0.3 is 12.4 Å². The van der Waals surface area contributed by atoms with Crippen molar-refractivity contribution in [3.05, 3.63) is 24.3 Å². The highest BCUT2D eigenvalue weighted by Gasteiger charge is 2.31. The molecule has 0 unspecified atom stereocenters. The minimum absolute atomic E-state index is 0.0844. The van der Waals surface area contributed by atoms with Gasteiger partial charge in [0.05, 0.1) is 5.60 Å². The summed E-state index contributed by atoms with van der Waals surface area (Å²) >= 11 is 0. The molecule has 3 N–H and O–H groups in total. The van der Waals surface area contributed by atoms with Gasteiger partial charge in [-0.3, -0.25) is 0 Å². The molecule has 124 valence electrons. The largest absolute Gasteiger partial charge is 0.573 e. The smallest absolute Gasteiger partial charge is 0.406 e. The maximum Gasteiger partial charge on any atom is 0.573 e. The number of carbonyl (C=O) groups is 1. The number of urea groups is 1. The lowest BCUT2D eigenvalue weighted by atomic mass is 9.98. The van der Waals surface area contributed by atoms with Crippen molar-refractivity contribution in [1.82, 2.24) is 5.32 Å². The number of amides is 2. The number of benzene rings is 1. The molecule has 1 aromatic carbocycles. The van der Waals surface area contributed by atoms with Crippen LogP contribution in [0.15, 0.2) is 24.3 Å². The standard InChI is InChI=1S/C14H19F3N2O3/c1-3-13(21,4-2)9-18-12(20)19-10-5-7-11(8-6-10)22-14(15,16)17/h5-8,21H,3-4,9H2,1-2H3,(H2,18,19,20). The van der Waals surface area contributed by atoms with Crippen LogP contribution in [0.2, 0.25) is 0 Å². The quantitative estimate of drug-likeness (QED) is 0.753. The average molecular weight is 320 g/mol. The number of nitrogens with one attached hydrogen (secondary N) is 2. The summed E-state index contributed by atoms with van der Waals surface area (Å²) in [6.07, 6.45) is -3.77. The lowest BCUT2D eigenvalue weighted by Crippen LogP contribution is -2.43. The van der Waals surface area contributed by atoms with Gasteiger partial charge in [0.1, 0.15) is 5.75 Å². The van der Waals surface area contributed by atoms with Crippen LogP contribution >= 0.6 is 0 Å². The topological polar surface area (TPSA) is 70.6 Å². The molecule has 0 radical (unpaired) electrons. The number of alkyl halides is 3.